The predicted molar refractivity (Wildman–Crippen MR) is 87.4 cm³/mol. The van der Waals surface area contributed by atoms with Crippen LogP contribution in [0.25, 0.3) is 0 Å². The van der Waals surface area contributed by atoms with E-state index in [0.717, 1.165) is 29.4 Å². The van der Waals surface area contributed by atoms with Crippen LogP contribution in [0.2, 0.25) is 0 Å². The Morgan fingerprint density at radius 3 is 3.00 bits per heavy atom. The van der Waals surface area contributed by atoms with Gasteiger partial charge < -0.3 is 10.1 Å². The van der Waals surface area contributed by atoms with Gasteiger partial charge in [0.15, 0.2) is 0 Å². The first kappa shape index (κ1) is 15.0. The molecule has 1 aromatic carbocycles. The van der Waals surface area contributed by atoms with Gasteiger partial charge in [-0.2, -0.15) is 0 Å². The maximum Gasteiger partial charge on any atom is 0.135 e. The van der Waals surface area contributed by atoms with Crippen LogP contribution < -0.4 is 10.1 Å². The highest BCUT2D eigenvalue weighted by atomic mass is 79.9. The van der Waals surface area contributed by atoms with E-state index in [1.807, 2.05) is 11.4 Å². The summed E-state index contributed by atoms with van der Waals surface area (Å²) in [6.45, 7) is 3.09. The lowest BCUT2D eigenvalue weighted by molar-refractivity contribution is 0.154. The number of thiophene rings is 1. The zero-order valence-electron chi connectivity index (χ0n) is 11.7. The molecule has 0 saturated carbocycles. The third-order valence-electron chi connectivity index (χ3n) is 3.62. The zero-order chi connectivity index (χ0) is 14.8. The Bertz CT molecular complexity index is 630. The van der Waals surface area contributed by atoms with E-state index < -0.39 is 0 Å². The van der Waals surface area contributed by atoms with Crippen molar-refractivity contribution in [2.24, 2.45) is 0 Å². The molecule has 0 bridgehead atoms. The second-order valence-corrected chi connectivity index (χ2v) is 7.06. The van der Waals surface area contributed by atoms with E-state index in [4.69, 9.17) is 4.74 Å². The van der Waals surface area contributed by atoms with Crippen LogP contribution in [-0.4, -0.2) is 6.54 Å². The summed E-state index contributed by atoms with van der Waals surface area (Å²) >= 11 is 5.15. The smallest absolute Gasteiger partial charge is 0.135 e. The molecule has 0 spiro atoms. The highest BCUT2D eigenvalue weighted by Crippen LogP contribution is 2.42. The van der Waals surface area contributed by atoms with Gasteiger partial charge in [-0.1, -0.05) is 13.0 Å². The number of halogens is 2. The monoisotopic (exact) mass is 369 g/mol. The maximum absolute atomic E-state index is 13.5. The van der Waals surface area contributed by atoms with E-state index in [2.05, 4.69) is 34.2 Å². The van der Waals surface area contributed by atoms with Gasteiger partial charge in [-0.15, -0.1) is 11.3 Å². The lowest BCUT2D eigenvalue weighted by Gasteiger charge is -2.32. The molecule has 2 heterocycles. The summed E-state index contributed by atoms with van der Waals surface area (Å²) in [6, 6.07) is 7.12. The molecular weight excluding hydrogens is 353 g/mol. The molecule has 0 amide bonds. The van der Waals surface area contributed by atoms with Crippen molar-refractivity contribution in [2.75, 3.05) is 6.54 Å². The van der Waals surface area contributed by atoms with Gasteiger partial charge in [-0.3, -0.25) is 0 Å². The Morgan fingerprint density at radius 2 is 2.29 bits per heavy atom. The summed E-state index contributed by atoms with van der Waals surface area (Å²) in [4.78, 5) is 1.17. The van der Waals surface area contributed by atoms with Crippen LogP contribution in [0, 0.1) is 5.82 Å². The molecule has 5 heteroatoms. The lowest BCUT2D eigenvalue weighted by atomic mass is 9.95. The van der Waals surface area contributed by atoms with Gasteiger partial charge in [0.2, 0.25) is 0 Å². The van der Waals surface area contributed by atoms with Crippen molar-refractivity contribution in [1.29, 1.82) is 0 Å². The van der Waals surface area contributed by atoms with Crippen LogP contribution in [0.4, 0.5) is 4.39 Å². The van der Waals surface area contributed by atoms with Gasteiger partial charge in [-0.05, 0) is 41.0 Å². The topological polar surface area (TPSA) is 21.3 Å². The van der Waals surface area contributed by atoms with Crippen molar-refractivity contribution < 1.29 is 9.13 Å². The number of nitrogens with one attached hydrogen (secondary N) is 1. The van der Waals surface area contributed by atoms with E-state index in [1.54, 1.807) is 11.3 Å². The average molecular weight is 370 g/mol. The van der Waals surface area contributed by atoms with Crippen molar-refractivity contribution in [2.45, 2.75) is 31.9 Å². The minimum Gasteiger partial charge on any atom is -0.484 e. The first-order valence-corrected chi connectivity index (χ1v) is 8.78. The van der Waals surface area contributed by atoms with Crippen LogP contribution in [0.1, 0.15) is 42.4 Å². The maximum atomic E-state index is 13.5. The van der Waals surface area contributed by atoms with Gasteiger partial charge in [0.05, 0.1) is 0 Å². The second kappa shape index (κ2) is 6.46. The van der Waals surface area contributed by atoms with Crippen molar-refractivity contribution in [1.82, 2.24) is 5.32 Å². The van der Waals surface area contributed by atoms with Crippen molar-refractivity contribution in [3.63, 3.8) is 0 Å². The van der Waals surface area contributed by atoms with Gasteiger partial charge >= 0.3 is 0 Å². The first-order valence-electron chi connectivity index (χ1n) is 7.10. The van der Waals surface area contributed by atoms with E-state index in [0.29, 0.717) is 5.75 Å². The largest absolute Gasteiger partial charge is 0.484 e. The van der Waals surface area contributed by atoms with E-state index in [1.165, 1.54) is 17.0 Å². The molecule has 0 radical (unpaired) electrons. The SMILES string of the molecule is CCCNC1CC(c2cc(Br)cs2)Oc2cc(F)ccc21. The lowest BCUT2D eigenvalue weighted by Crippen LogP contribution is -2.29. The van der Waals surface area contributed by atoms with Gasteiger partial charge in [0, 0.05) is 38.8 Å². The van der Waals surface area contributed by atoms with Gasteiger partial charge in [-0.25, -0.2) is 4.39 Å². The standard InChI is InChI=1S/C16H17BrFNOS/c1-2-5-19-13-8-15(16-6-10(17)9-21-16)20-14-7-11(18)3-4-12(13)14/h3-4,6-7,9,13,15,19H,2,5,8H2,1H3. The molecule has 1 aliphatic heterocycles. The molecule has 3 rings (SSSR count). The summed E-state index contributed by atoms with van der Waals surface area (Å²) in [5.74, 6) is 0.403. The van der Waals surface area contributed by atoms with Crippen LogP contribution in [0.5, 0.6) is 5.75 Å². The minimum absolute atomic E-state index is 0.0232. The average Bonchev–Trinajstić information content (AvgIpc) is 2.90. The van der Waals surface area contributed by atoms with Crippen LogP contribution in [0.3, 0.4) is 0 Å². The number of benzene rings is 1. The summed E-state index contributed by atoms with van der Waals surface area (Å²) in [5.41, 5.74) is 1.05. The Kier molecular flexibility index (Phi) is 4.62. The molecule has 112 valence electrons. The number of ether oxygens (including phenoxy) is 1. The number of hydrogen-bond donors (Lipinski definition) is 1. The molecule has 0 saturated heterocycles. The third kappa shape index (κ3) is 3.30. The Morgan fingerprint density at radius 1 is 1.43 bits per heavy atom. The number of hydrogen-bond acceptors (Lipinski definition) is 3. The fraction of sp³-hybridized carbons (Fsp3) is 0.375. The molecule has 21 heavy (non-hydrogen) atoms. The van der Waals surface area contributed by atoms with Crippen molar-refractivity contribution in [3.8, 4) is 5.75 Å². The third-order valence-corrected chi connectivity index (χ3v) is 5.40. The fourth-order valence-corrected chi connectivity index (χ4v) is 4.11. The normalized spacial score (nSPS) is 20.9. The van der Waals surface area contributed by atoms with E-state index in [-0.39, 0.29) is 18.0 Å². The van der Waals surface area contributed by atoms with Crippen LogP contribution in [-0.2, 0) is 0 Å². The first-order chi connectivity index (χ1) is 10.2. The van der Waals surface area contributed by atoms with Gasteiger partial charge in [0.1, 0.15) is 17.7 Å². The molecular formula is C16H17BrFNOS. The Hall–Kier alpha value is -0.910. The fourth-order valence-electron chi connectivity index (χ4n) is 2.62. The van der Waals surface area contributed by atoms with Crippen molar-refractivity contribution >= 4 is 27.3 Å². The number of rotatable bonds is 4. The number of fused-ring (bicyclic) bond motifs is 1. The molecule has 1 aliphatic rings. The Labute approximate surface area is 136 Å². The van der Waals surface area contributed by atoms with E-state index >= 15 is 0 Å². The summed E-state index contributed by atoms with van der Waals surface area (Å²) < 4.78 is 20.6. The molecule has 0 fully saturated rings. The minimum atomic E-state index is -0.254. The highest BCUT2D eigenvalue weighted by molar-refractivity contribution is 9.10. The Balaban J connectivity index is 1.91. The van der Waals surface area contributed by atoms with E-state index in [9.17, 15) is 4.39 Å². The summed E-state index contributed by atoms with van der Waals surface area (Å²) in [6.07, 6.45) is 1.92. The van der Waals surface area contributed by atoms with Crippen LogP contribution in [0.15, 0.2) is 34.1 Å². The molecule has 1 N–H and O–H groups in total. The zero-order valence-corrected chi connectivity index (χ0v) is 14.1. The van der Waals surface area contributed by atoms with Gasteiger partial charge in [0.25, 0.3) is 0 Å². The molecule has 2 unspecified atom stereocenters. The quantitative estimate of drug-likeness (QED) is 0.797. The molecule has 1 aromatic heterocycles. The molecule has 2 nitrogen and oxygen atoms in total. The summed E-state index contributed by atoms with van der Waals surface area (Å²) in [5, 5.41) is 5.59. The van der Waals surface area contributed by atoms with Crippen LogP contribution >= 0.6 is 27.3 Å². The molecule has 2 atom stereocenters. The molecule has 2 aromatic rings. The molecule has 0 aliphatic carbocycles. The highest BCUT2D eigenvalue weighted by Gasteiger charge is 2.30. The second-order valence-electron chi connectivity index (χ2n) is 5.20. The predicted octanol–water partition coefficient (Wildman–Crippen LogP) is 5.21. The van der Waals surface area contributed by atoms with Crippen molar-refractivity contribution in [3.05, 3.63) is 50.4 Å². The summed E-state index contributed by atoms with van der Waals surface area (Å²) in [7, 11) is 0.